The molecule has 0 fully saturated rings. The summed E-state index contributed by atoms with van der Waals surface area (Å²) in [5, 5.41) is 2.36. The maximum atomic E-state index is 7.05. The van der Waals surface area contributed by atoms with Gasteiger partial charge < -0.3 is 19.4 Å². The van der Waals surface area contributed by atoms with Crippen molar-refractivity contribution in [1.82, 2.24) is 9.55 Å². The Bertz CT molecular complexity index is 3650. The Morgan fingerprint density at radius 1 is 0.451 bits per heavy atom. The van der Waals surface area contributed by atoms with Crippen LogP contribution in [0.2, 0.25) is 0 Å². The third-order valence-electron chi connectivity index (χ3n) is 16.7. The molecule has 4 aliphatic heterocycles. The summed E-state index contributed by atoms with van der Waals surface area (Å²) in [5.41, 5.74) is 21.0. The van der Waals surface area contributed by atoms with Gasteiger partial charge in [-0.05, 0) is 122 Å². The van der Waals surface area contributed by atoms with Gasteiger partial charge >= 0.3 is 0 Å². The number of nitrogens with zero attached hydrogens (tertiary/aromatic N) is 5. The van der Waals surface area contributed by atoms with Crippen LogP contribution in [0.25, 0.3) is 27.6 Å². The van der Waals surface area contributed by atoms with Crippen LogP contribution in [0.4, 0.5) is 39.8 Å². The number of anilines is 7. The van der Waals surface area contributed by atoms with Gasteiger partial charge in [0.05, 0.1) is 39.5 Å². The highest BCUT2D eigenvalue weighted by molar-refractivity contribution is 6.09. The Balaban J connectivity index is 0.925. The first kappa shape index (κ1) is 43.7. The molecule has 7 aromatic carbocycles. The molecule has 0 N–H and O–H groups in total. The number of hydrogen-bond donors (Lipinski definition) is 0. The maximum absolute atomic E-state index is 7.05. The average Bonchev–Trinajstić information content (AvgIpc) is 3.89. The third kappa shape index (κ3) is 6.15. The van der Waals surface area contributed by atoms with Gasteiger partial charge in [0.15, 0.2) is 0 Å². The maximum Gasteiger partial charge on any atom is 0.137 e. The van der Waals surface area contributed by atoms with E-state index in [9.17, 15) is 0 Å². The second-order valence-electron chi connectivity index (χ2n) is 24.2. The molecule has 0 spiro atoms. The molecular formula is C65H63N5O. The van der Waals surface area contributed by atoms with Crippen molar-refractivity contribution in [3.8, 4) is 17.3 Å². The zero-order valence-electron chi connectivity index (χ0n) is 43.3. The number of benzene rings is 7. The third-order valence-corrected chi connectivity index (χ3v) is 16.7. The van der Waals surface area contributed by atoms with Gasteiger partial charge in [-0.25, -0.2) is 4.98 Å². The second-order valence-corrected chi connectivity index (χ2v) is 24.2. The standard InChI is InChI=1S/C65H63N5O/c1-61(2,3)39-29-30-66-57(33-39)69-53-24-14-13-19-45(53)46-28-27-43(37-56(46)69)71-44-32-40(62(4,5)6)31-41(34-44)67-38-68(55-26-16-15-25-54(55)67)42-35-51-60-52(36-42)65(11,12)50-23-18-21-48-59(50)70(60)58-47(63(48,7)8)20-17-22-49(58)64(51,9)10/h13-37H,38H2,1-12H3. The zero-order valence-corrected chi connectivity index (χ0v) is 43.3. The molecule has 0 aliphatic carbocycles. The van der Waals surface area contributed by atoms with Crippen LogP contribution in [-0.2, 0) is 27.1 Å². The summed E-state index contributed by atoms with van der Waals surface area (Å²) in [5.74, 6) is 2.49. The molecule has 9 aromatic rings. The van der Waals surface area contributed by atoms with Crippen LogP contribution in [0.1, 0.15) is 128 Å². The molecule has 4 aliphatic rings. The molecule has 6 nitrogen and oxygen atoms in total. The fraction of sp³-hybridized carbons (Fsp3) is 0.277. The summed E-state index contributed by atoms with van der Waals surface area (Å²) in [6.45, 7) is 28.9. The van der Waals surface area contributed by atoms with Gasteiger partial charge in [0.2, 0.25) is 0 Å². The van der Waals surface area contributed by atoms with E-state index < -0.39 is 0 Å². The summed E-state index contributed by atoms with van der Waals surface area (Å²) < 4.78 is 9.33. The van der Waals surface area contributed by atoms with Gasteiger partial charge in [0.1, 0.15) is 24.0 Å². The first-order chi connectivity index (χ1) is 33.7. The van der Waals surface area contributed by atoms with Gasteiger partial charge in [0.25, 0.3) is 0 Å². The Hall–Kier alpha value is -7.31. The van der Waals surface area contributed by atoms with Crippen LogP contribution in [-0.4, -0.2) is 16.2 Å². The topological polar surface area (TPSA) is 36.8 Å². The summed E-state index contributed by atoms with van der Waals surface area (Å²) in [6, 6.07) is 54.3. The van der Waals surface area contributed by atoms with E-state index >= 15 is 0 Å². The summed E-state index contributed by atoms with van der Waals surface area (Å²) >= 11 is 0. The van der Waals surface area contributed by atoms with Crippen molar-refractivity contribution in [2.75, 3.05) is 21.4 Å². The van der Waals surface area contributed by atoms with Gasteiger partial charge in [-0.2, -0.15) is 0 Å². The lowest BCUT2D eigenvalue weighted by atomic mass is 9.61. The quantitative estimate of drug-likeness (QED) is 0.172. The smallest absolute Gasteiger partial charge is 0.137 e. The van der Waals surface area contributed by atoms with Crippen LogP contribution in [0.15, 0.2) is 152 Å². The number of para-hydroxylation sites is 5. The number of rotatable bonds is 5. The molecule has 6 heterocycles. The van der Waals surface area contributed by atoms with E-state index in [0.29, 0.717) is 6.67 Å². The lowest BCUT2D eigenvalue weighted by Crippen LogP contribution is -2.43. The number of fused-ring (bicyclic) bond motifs is 4. The normalized spacial score (nSPS) is 16.6. The second kappa shape index (κ2) is 14.4. The van der Waals surface area contributed by atoms with Gasteiger partial charge in [-0.15, -0.1) is 0 Å². The highest BCUT2D eigenvalue weighted by Crippen LogP contribution is 2.67. The molecule has 0 bridgehead atoms. The van der Waals surface area contributed by atoms with Crippen molar-refractivity contribution in [2.24, 2.45) is 0 Å². The van der Waals surface area contributed by atoms with Crippen LogP contribution in [0.5, 0.6) is 11.5 Å². The van der Waals surface area contributed by atoms with Crippen LogP contribution >= 0.6 is 0 Å². The van der Waals surface area contributed by atoms with Crippen molar-refractivity contribution < 1.29 is 4.74 Å². The highest BCUT2D eigenvalue weighted by Gasteiger charge is 2.52. The highest BCUT2D eigenvalue weighted by atomic mass is 16.5. The molecule has 354 valence electrons. The molecule has 0 radical (unpaired) electrons. The van der Waals surface area contributed by atoms with Crippen LogP contribution < -0.4 is 19.4 Å². The Morgan fingerprint density at radius 2 is 0.972 bits per heavy atom. The van der Waals surface area contributed by atoms with Crippen molar-refractivity contribution in [3.63, 3.8) is 0 Å². The van der Waals surface area contributed by atoms with Gasteiger partial charge in [0, 0.05) is 56.7 Å². The molecule has 0 unspecified atom stereocenters. The molecule has 0 saturated carbocycles. The number of ether oxygens (including phenoxy) is 1. The van der Waals surface area contributed by atoms with E-state index in [1.165, 1.54) is 89.4 Å². The minimum absolute atomic E-state index is 0.0156. The minimum atomic E-state index is -0.242. The van der Waals surface area contributed by atoms with Crippen molar-refractivity contribution in [1.29, 1.82) is 0 Å². The molecule has 13 rings (SSSR count). The number of hydrogen-bond acceptors (Lipinski definition) is 5. The first-order valence-corrected chi connectivity index (χ1v) is 25.5. The Kier molecular flexibility index (Phi) is 8.86. The average molecular weight is 930 g/mol. The van der Waals surface area contributed by atoms with Gasteiger partial charge in [-0.3, -0.25) is 4.57 Å². The Labute approximate surface area is 419 Å². The van der Waals surface area contributed by atoms with Gasteiger partial charge in [-0.1, -0.05) is 150 Å². The van der Waals surface area contributed by atoms with E-state index in [-0.39, 0.29) is 27.1 Å². The molecule has 71 heavy (non-hydrogen) atoms. The molecule has 0 amide bonds. The van der Waals surface area contributed by atoms with Crippen molar-refractivity contribution in [2.45, 2.75) is 110 Å². The minimum Gasteiger partial charge on any atom is -0.457 e. The van der Waals surface area contributed by atoms with E-state index in [0.717, 1.165) is 34.0 Å². The monoisotopic (exact) mass is 930 g/mol. The predicted molar refractivity (Wildman–Crippen MR) is 296 cm³/mol. The number of aromatic nitrogens is 2. The number of pyridine rings is 1. The summed E-state index contributed by atoms with van der Waals surface area (Å²) in [4.78, 5) is 12.6. The lowest BCUT2D eigenvalue weighted by Gasteiger charge is -2.55. The van der Waals surface area contributed by atoms with Crippen LogP contribution in [0, 0.1) is 0 Å². The Morgan fingerprint density at radius 3 is 1.56 bits per heavy atom. The molecule has 0 saturated heterocycles. The fourth-order valence-electron chi connectivity index (χ4n) is 12.6. The largest absolute Gasteiger partial charge is 0.457 e. The molecule has 0 atom stereocenters. The summed E-state index contributed by atoms with van der Waals surface area (Å²) in [6.07, 6.45) is 1.94. The molecule has 2 aromatic heterocycles. The lowest BCUT2D eigenvalue weighted by molar-refractivity contribution is 0.479. The zero-order chi connectivity index (χ0) is 49.3. The van der Waals surface area contributed by atoms with E-state index in [4.69, 9.17) is 9.72 Å². The van der Waals surface area contributed by atoms with Crippen molar-refractivity contribution >= 4 is 61.6 Å². The van der Waals surface area contributed by atoms with E-state index in [2.05, 4.69) is 248 Å². The van der Waals surface area contributed by atoms with E-state index in [1.807, 2.05) is 6.20 Å². The van der Waals surface area contributed by atoms with Crippen LogP contribution in [0.3, 0.4) is 0 Å². The summed E-state index contributed by atoms with van der Waals surface area (Å²) in [7, 11) is 0. The fourth-order valence-corrected chi connectivity index (χ4v) is 12.6. The molecular weight excluding hydrogens is 867 g/mol. The molecule has 6 heteroatoms. The predicted octanol–water partition coefficient (Wildman–Crippen LogP) is 17.2. The first-order valence-electron chi connectivity index (χ1n) is 25.5. The SMILES string of the molecule is CC(C)(C)c1cc(Oc2ccc3c4ccccc4n(-c4cc(C(C)(C)C)ccn4)c3c2)cc(N2CN(c3cc4c5c(c3)C(C)(C)c3cccc6c3N5c3c(cccc3C4(C)C)C6(C)C)c3ccccc32)c1. The van der Waals surface area contributed by atoms with Crippen molar-refractivity contribution in [3.05, 3.63) is 196 Å². The van der Waals surface area contributed by atoms with E-state index in [1.54, 1.807) is 0 Å².